The van der Waals surface area contributed by atoms with Crippen molar-refractivity contribution in [3.63, 3.8) is 0 Å². The monoisotopic (exact) mass is 660 g/mol. The second kappa shape index (κ2) is 11.3. The molecule has 44 heavy (non-hydrogen) atoms. The fourth-order valence-corrected chi connectivity index (χ4v) is 7.85. The maximum atomic E-state index is 14.2. The van der Waals surface area contributed by atoms with Crippen molar-refractivity contribution < 1.29 is 35.3 Å². The van der Waals surface area contributed by atoms with Crippen molar-refractivity contribution in [3.05, 3.63) is 95.3 Å². The van der Waals surface area contributed by atoms with Crippen LogP contribution in [0.25, 0.3) is 41.6 Å². The SMILES string of the molecule is Cc1ccc2nc(-c3ccc4nc(-c5ccc(NC(=O)c6c(F)cccc6C(F)(F)F)cc5)sc4c3)sc2c1S(=O)(=O)[O-].[NH4+]. The van der Waals surface area contributed by atoms with Crippen molar-refractivity contribution in [2.24, 2.45) is 0 Å². The van der Waals surface area contributed by atoms with E-state index in [-0.39, 0.29) is 16.7 Å². The molecule has 0 unspecified atom stereocenters. The molecule has 1 amide bonds. The summed E-state index contributed by atoms with van der Waals surface area (Å²) in [5.74, 6) is -2.51. The van der Waals surface area contributed by atoms with E-state index in [1.807, 2.05) is 6.07 Å². The zero-order chi connectivity index (χ0) is 30.7. The second-order valence-electron chi connectivity index (χ2n) is 9.43. The van der Waals surface area contributed by atoms with E-state index in [0.717, 1.165) is 28.2 Å². The first-order chi connectivity index (χ1) is 20.3. The number of aryl methyl sites for hydroxylation is 1. The van der Waals surface area contributed by atoms with E-state index < -0.39 is 39.1 Å². The molecule has 15 heteroatoms. The first-order valence-corrected chi connectivity index (χ1v) is 15.4. The van der Waals surface area contributed by atoms with E-state index in [0.29, 0.717) is 48.5 Å². The Kier molecular flexibility index (Phi) is 8.02. The predicted octanol–water partition coefficient (Wildman–Crippen LogP) is 8.24. The van der Waals surface area contributed by atoms with Crippen LogP contribution < -0.4 is 11.5 Å². The van der Waals surface area contributed by atoms with Crippen molar-refractivity contribution in [1.82, 2.24) is 16.1 Å². The van der Waals surface area contributed by atoms with E-state index in [2.05, 4.69) is 15.3 Å². The van der Waals surface area contributed by atoms with Crippen LogP contribution in [0.3, 0.4) is 0 Å². The Hall–Kier alpha value is -4.28. The van der Waals surface area contributed by atoms with Crippen molar-refractivity contribution >= 4 is 64.8 Å². The molecule has 8 nitrogen and oxygen atoms in total. The molecule has 0 fully saturated rings. The van der Waals surface area contributed by atoms with Crippen LogP contribution in [0.1, 0.15) is 21.5 Å². The molecule has 0 saturated carbocycles. The van der Waals surface area contributed by atoms with Crippen LogP contribution in [0.4, 0.5) is 23.2 Å². The average molecular weight is 661 g/mol. The molecular formula is C29H20F4N4O4S3. The fraction of sp³-hybridized carbons (Fsp3) is 0.0690. The minimum Gasteiger partial charge on any atom is -0.744 e. The third kappa shape index (κ3) is 5.79. The highest BCUT2D eigenvalue weighted by Gasteiger charge is 2.36. The van der Waals surface area contributed by atoms with Crippen LogP contribution in [0, 0.1) is 12.7 Å². The molecule has 0 saturated heterocycles. The van der Waals surface area contributed by atoms with Gasteiger partial charge in [-0.2, -0.15) is 13.2 Å². The van der Waals surface area contributed by atoms with E-state index in [1.54, 1.807) is 43.3 Å². The molecule has 226 valence electrons. The fourth-order valence-electron chi connectivity index (χ4n) is 4.56. The van der Waals surface area contributed by atoms with E-state index >= 15 is 0 Å². The molecule has 0 spiro atoms. The molecular weight excluding hydrogens is 641 g/mol. The first kappa shape index (κ1) is 31.2. The van der Waals surface area contributed by atoms with Crippen molar-refractivity contribution in [3.8, 4) is 21.1 Å². The number of amides is 1. The van der Waals surface area contributed by atoms with Crippen LogP contribution in [0.2, 0.25) is 0 Å². The van der Waals surface area contributed by atoms with Gasteiger partial charge >= 0.3 is 6.18 Å². The van der Waals surface area contributed by atoms with Gasteiger partial charge in [-0.15, -0.1) is 22.7 Å². The zero-order valence-corrected chi connectivity index (χ0v) is 25.1. The average Bonchev–Trinajstić information content (AvgIpc) is 3.56. The number of hydrogen-bond donors (Lipinski definition) is 2. The number of alkyl halides is 3. The van der Waals surface area contributed by atoms with Gasteiger partial charge < -0.3 is 16.0 Å². The maximum Gasteiger partial charge on any atom is 0.417 e. The number of carbonyl (C=O) groups is 1. The summed E-state index contributed by atoms with van der Waals surface area (Å²) < 4.78 is 90.8. The molecule has 4 aromatic carbocycles. The number of hydrogen-bond acceptors (Lipinski definition) is 8. The van der Waals surface area contributed by atoms with E-state index in [1.165, 1.54) is 23.5 Å². The van der Waals surface area contributed by atoms with E-state index in [4.69, 9.17) is 0 Å². The third-order valence-corrected chi connectivity index (χ3v) is 9.89. The summed E-state index contributed by atoms with van der Waals surface area (Å²) in [7, 11) is -4.70. The molecule has 0 atom stereocenters. The van der Waals surface area contributed by atoms with Gasteiger partial charge in [-0.3, -0.25) is 4.79 Å². The number of thiazole rings is 2. The Labute approximate surface area is 255 Å². The highest BCUT2D eigenvalue weighted by molar-refractivity contribution is 7.86. The number of nitrogens with zero attached hydrogens (tertiary/aromatic N) is 2. The van der Waals surface area contributed by atoms with Crippen molar-refractivity contribution in [2.75, 3.05) is 5.32 Å². The lowest BCUT2D eigenvalue weighted by atomic mass is 10.1. The summed E-state index contributed by atoms with van der Waals surface area (Å²) in [5.41, 5.74) is 0.524. The summed E-state index contributed by atoms with van der Waals surface area (Å²) in [6.07, 6.45) is -4.90. The highest BCUT2D eigenvalue weighted by atomic mass is 32.2. The smallest absolute Gasteiger partial charge is 0.417 e. The summed E-state index contributed by atoms with van der Waals surface area (Å²) in [5, 5.41) is 3.47. The first-order valence-electron chi connectivity index (χ1n) is 12.3. The lowest BCUT2D eigenvalue weighted by Gasteiger charge is -2.13. The largest absolute Gasteiger partial charge is 0.744 e. The molecule has 6 rings (SSSR count). The quantitative estimate of drug-likeness (QED) is 0.141. The van der Waals surface area contributed by atoms with Gasteiger partial charge in [-0.25, -0.2) is 22.8 Å². The molecule has 0 radical (unpaired) electrons. The number of anilines is 1. The van der Waals surface area contributed by atoms with Gasteiger partial charge in [0.2, 0.25) is 0 Å². The molecule has 0 aliphatic carbocycles. The minimum atomic E-state index is -4.90. The third-order valence-electron chi connectivity index (χ3n) is 6.53. The van der Waals surface area contributed by atoms with E-state index in [9.17, 15) is 35.3 Å². The van der Waals surface area contributed by atoms with Crippen LogP contribution in [-0.2, 0) is 16.3 Å². The Bertz CT molecular complexity index is 2180. The molecule has 0 aliphatic rings. The van der Waals surface area contributed by atoms with Gasteiger partial charge in [-0.05, 0) is 73.2 Å². The predicted molar refractivity (Wildman–Crippen MR) is 162 cm³/mol. The Morgan fingerprint density at radius 3 is 2.20 bits per heavy atom. The minimum absolute atomic E-state index is 0. The van der Waals surface area contributed by atoms with Gasteiger partial charge in [0, 0.05) is 16.8 Å². The Morgan fingerprint density at radius 1 is 0.886 bits per heavy atom. The molecule has 6 aromatic rings. The molecule has 2 heterocycles. The van der Waals surface area contributed by atoms with Crippen LogP contribution in [-0.4, -0.2) is 28.8 Å². The van der Waals surface area contributed by atoms with Gasteiger partial charge in [0.1, 0.15) is 26.0 Å². The van der Waals surface area contributed by atoms with Gasteiger partial charge in [0.25, 0.3) is 5.91 Å². The van der Waals surface area contributed by atoms with Crippen LogP contribution in [0.15, 0.2) is 77.7 Å². The topological polar surface area (TPSA) is 149 Å². The number of quaternary nitrogens is 1. The standard InChI is InChI=1S/C29H17F4N3O4S3.H3N/c1-14-5-11-21-24(25(14)43(38,39)40)42-28(36-21)16-8-12-20-22(13-16)41-27(35-20)15-6-9-17(10-7-15)34-26(37)23-18(29(31,32)33)3-2-4-19(23)30;/h2-13H,1H3,(H,34,37)(H,38,39,40);1H3. The van der Waals surface area contributed by atoms with Crippen molar-refractivity contribution in [1.29, 1.82) is 0 Å². The van der Waals surface area contributed by atoms with Crippen molar-refractivity contribution in [2.45, 2.75) is 18.0 Å². The molecule has 5 N–H and O–H groups in total. The summed E-state index contributed by atoms with van der Waals surface area (Å²) in [6, 6.07) is 17.2. The lowest BCUT2D eigenvalue weighted by molar-refractivity contribution is -0.138. The number of aromatic nitrogens is 2. The van der Waals surface area contributed by atoms with Gasteiger partial charge in [0.05, 0.1) is 36.5 Å². The van der Waals surface area contributed by atoms with Crippen LogP contribution in [0.5, 0.6) is 0 Å². The number of halogens is 4. The Balaban J connectivity index is 0.00000384. The lowest BCUT2D eigenvalue weighted by Crippen LogP contribution is -2.20. The van der Waals surface area contributed by atoms with Crippen LogP contribution >= 0.6 is 22.7 Å². The number of nitrogens with one attached hydrogen (secondary N) is 1. The maximum absolute atomic E-state index is 14.2. The zero-order valence-electron chi connectivity index (χ0n) is 22.7. The number of carbonyl (C=O) groups excluding carboxylic acids is 1. The second-order valence-corrected chi connectivity index (χ2v) is 12.8. The summed E-state index contributed by atoms with van der Waals surface area (Å²) in [6.45, 7) is 1.56. The summed E-state index contributed by atoms with van der Waals surface area (Å²) in [4.78, 5) is 21.4. The molecule has 0 bridgehead atoms. The Morgan fingerprint density at radius 2 is 1.52 bits per heavy atom. The summed E-state index contributed by atoms with van der Waals surface area (Å²) >= 11 is 2.47. The highest BCUT2D eigenvalue weighted by Crippen LogP contribution is 2.39. The van der Waals surface area contributed by atoms with Gasteiger partial charge in [0.15, 0.2) is 0 Å². The normalized spacial score (nSPS) is 12.0. The number of benzene rings is 4. The van der Waals surface area contributed by atoms with Gasteiger partial charge in [-0.1, -0.05) is 12.1 Å². The number of fused-ring (bicyclic) bond motifs is 2. The molecule has 0 aliphatic heterocycles. The molecule has 2 aromatic heterocycles. The number of rotatable bonds is 5.